The zero-order valence-corrected chi connectivity index (χ0v) is 10.2. The Morgan fingerprint density at radius 2 is 1.83 bits per heavy atom. The highest BCUT2D eigenvalue weighted by atomic mass is 19.1. The molecule has 1 saturated heterocycles. The molecule has 18 heavy (non-hydrogen) atoms. The summed E-state index contributed by atoms with van der Waals surface area (Å²) in [7, 11) is 0. The quantitative estimate of drug-likeness (QED) is 0.793. The number of carboxylic acid groups (broad SMARTS) is 1. The summed E-state index contributed by atoms with van der Waals surface area (Å²) in [5, 5.41) is 9.01. The van der Waals surface area contributed by atoms with Crippen molar-refractivity contribution < 1.29 is 14.3 Å². The number of carbonyl (C=O) groups is 1. The highest BCUT2D eigenvalue weighted by Crippen LogP contribution is 2.27. The molecule has 0 radical (unpaired) electrons. The highest BCUT2D eigenvalue weighted by molar-refractivity contribution is 5.95. The standard InChI is InChI=1S/C13H17FN2O2/c14-10-8-11(15)9(13(17)18)7-12(10)16-5-3-1-2-4-6-16/h7-8H,1-6,15H2,(H,17,18). The van der Waals surface area contributed by atoms with Gasteiger partial charge in [0.25, 0.3) is 0 Å². The Hall–Kier alpha value is -1.78. The molecular weight excluding hydrogens is 235 g/mol. The van der Waals surface area contributed by atoms with E-state index >= 15 is 0 Å². The van der Waals surface area contributed by atoms with E-state index in [4.69, 9.17) is 10.8 Å². The Labute approximate surface area is 105 Å². The molecule has 0 atom stereocenters. The SMILES string of the molecule is Nc1cc(F)c(N2CCCCCC2)cc1C(=O)O. The summed E-state index contributed by atoms with van der Waals surface area (Å²) in [6, 6.07) is 2.45. The normalized spacial score (nSPS) is 16.4. The first kappa shape index (κ1) is 12.7. The third-order valence-corrected chi connectivity index (χ3v) is 3.30. The second kappa shape index (κ2) is 5.25. The molecule has 98 valence electrons. The van der Waals surface area contributed by atoms with Gasteiger partial charge in [0.15, 0.2) is 0 Å². The number of carboxylic acids is 1. The van der Waals surface area contributed by atoms with Crippen LogP contribution in [0.2, 0.25) is 0 Å². The molecule has 4 nitrogen and oxygen atoms in total. The van der Waals surface area contributed by atoms with E-state index in [-0.39, 0.29) is 11.3 Å². The summed E-state index contributed by atoms with van der Waals surface area (Å²) >= 11 is 0. The van der Waals surface area contributed by atoms with Crippen molar-refractivity contribution >= 4 is 17.3 Å². The lowest BCUT2D eigenvalue weighted by Gasteiger charge is -2.23. The lowest BCUT2D eigenvalue weighted by atomic mass is 10.1. The highest BCUT2D eigenvalue weighted by Gasteiger charge is 2.18. The van der Waals surface area contributed by atoms with Crippen LogP contribution in [0.3, 0.4) is 0 Å². The minimum Gasteiger partial charge on any atom is -0.478 e. The van der Waals surface area contributed by atoms with Crippen LogP contribution in [-0.2, 0) is 0 Å². The number of halogens is 1. The smallest absolute Gasteiger partial charge is 0.337 e. The van der Waals surface area contributed by atoms with E-state index in [0.717, 1.165) is 44.8 Å². The fourth-order valence-electron chi connectivity index (χ4n) is 2.32. The molecular formula is C13H17FN2O2. The minimum atomic E-state index is -1.12. The maximum atomic E-state index is 13.9. The molecule has 0 aromatic heterocycles. The van der Waals surface area contributed by atoms with Crippen molar-refractivity contribution in [3.63, 3.8) is 0 Å². The Kier molecular flexibility index (Phi) is 3.69. The lowest BCUT2D eigenvalue weighted by molar-refractivity contribution is 0.0698. The molecule has 1 aromatic rings. The predicted octanol–water partition coefficient (Wildman–Crippen LogP) is 2.49. The van der Waals surface area contributed by atoms with Crippen molar-refractivity contribution in [2.24, 2.45) is 0 Å². The summed E-state index contributed by atoms with van der Waals surface area (Å²) in [4.78, 5) is 12.9. The fourth-order valence-corrected chi connectivity index (χ4v) is 2.32. The number of hydrogen-bond donors (Lipinski definition) is 2. The minimum absolute atomic E-state index is 0.0291. The maximum absolute atomic E-state index is 13.9. The van der Waals surface area contributed by atoms with Crippen LogP contribution in [0, 0.1) is 5.82 Å². The third-order valence-electron chi connectivity index (χ3n) is 3.30. The number of nitrogens with two attached hydrogens (primary N) is 1. The summed E-state index contributed by atoms with van der Waals surface area (Å²) in [5.74, 6) is -1.57. The first-order valence-corrected chi connectivity index (χ1v) is 6.17. The van der Waals surface area contributed by atoms with E-state index in [1.54, 1.807) is 0 Å². The number of benzene rings is 1. The number of aromatic carboxylic acids is 1. The molecule has 0 bridgehead atoms. The fraction of sp³-hybridized carbons (Fsp3) is 0.462. The molecule has 1 aliphatic rings. The molecule has 0 aliphatic carbocycles. The molecule has 0 unspecified atom stereocenters. The molecule has 5 heteroatoms. The average Bonchev–Trinajstić information content (AvgIpc) is 2.57. The second-order valence-electron chi connectivity index (χ2n) is 4.60. The van der Waals surface area contributed by atoms with E-state index in [9.17, 15) is 9.18 Å². The molecule has 0 spiro atoms. The van der Waals surface area contributed by atoms with E-state index in [2.05, 4.69) is 0 Å². The van der Waals surface area contributed by atoms with Gasteiger partial charge in [-0.2, -0.15) is 0 Å². The number of anilines is 2. The van der Waals surface area contributed by atoms with Gasteiger partial charge in [0.1, 0.15) is 5.82 Å². The molecule has 1 fully saturated rings. The van der Waals surface area contributed by atoms with E-state index in [1.807, 2.05) is 4.90 Å². The summed E-state index contributed by atoms with van der Waals surface area (Å²) in [5.41, 5.74) is 5.80. The second-order valence-corrected chi connectivity index (χ2v) is 4.60. The van der Waals surface area contributed by atoms with Crippen LogP contribution in [0.5, 0.6) is 0 Å². The number of hydrogen-bond acceptors (Lipinski definition) is 3. The Bertz CT molecular complexity index is 455. The number of rotatable bonds is 2. The molecule has 1 aliphatic heterocycles. The summed E-state index contributed by atoms with van der Waals surface area (Å²) in [6.45, 7) is 1.53. The Morgan fingerprint density at radius 3 is 2.39 bits per heavy atom. The zero-order valence-electron chi connectivity index (χ0n) is 10.2. The van der Waals surface area contributed by atoms with E-state index in [1.165, 1.54) is 6.07 Å². The monoisotopic (exact) mass is 252 g/mol. The van der Waals surface area contributed by atoms with Crippen molar-refractivity contribution in [1.82, 2.24) is 0 Å². The lowest BCUT2D eigenvalue weighted by Crippen LogP contribution is -2.25. The van der Waals surface area contributed by atoms with Gasteiger partial charge in [-0.3, -0.25) is 0 Å². The predicted molar refractivity (Wildman–Crippen MR) is 68.5 cm³/mol. The average molecular weight is 252 g/mol. The Balaban J connectivity index is 2.36. The van der Waals surface area contributed by atoms with Gasteiger partial charge in [-0.25, -0.2) is 9.18 Å². The maximum Gasteiger partial charge on any atom is 0.337 e. The molecule has 0 amide bonds. The largest absolute Gasteiger partial charge is 0.478 e. The zero-order chi connectivity index (χ0) is 13.1. The van der Waals surface area contributed by atoms with Gasteiger partial charge in [0, 0.05) is 18.8 Å². The van der Waals surface area contributed by atoms with Crippen LogP contribution in [0.15, 0.2) is 12.1 Å². The van der Waals surface area contributed by atoms with Crippen LogP contribution in [0.4, 0.5) is 15.8 Å². The van der Waals surface area contributed by atoms with Crippen LogP contribution < -0.4 is 10.6 Å². The number of nitrogen functional groups attached to an aromatic ring is 1. The molecule has 1 aromatic carbocycles. The van der Waals surface area contributed by atoms with Crippen molar-refractivity contribution in [1.29, 1.82) is 0 Å². The van der Waals surface area contributed by atoms with Gasteiger partial charge >= 0.3 is 5.97 Å². The molecule has 2 rings (SSSR count). The van der Waals surface area contributed by atoms with E-state index in [0.29, 0.717) is 5.69 Å². The van der Waals surface area contributed by atoms with Gasteiger partial charge in [-0.1, -0.05) is 12.8 Å². The summed E-state index contributed by atoms with van der Waals surface area (Å²) < 4.78 is 13.9. The van der Waals surface area contributed by atoms with Crippen LogP contribution in [0.25, 0.3) is 0 Å². The van der Waals surface area contributed by atoms with Crippen LogP contribution >= 0.6 is 0 Å². The first-order chi connectivity index (χ1) is 8.59. The van der Waals surface area contributed by atoms with Crippen molar-refractivity contribution in [2.75, 3.05) is 23.7 Å². The van der Waals surface area contributed by atoms with Gasteiger partial charge in [0.2, 0.25) is 0 Å². The first-order valence-electron chi connectivity index (χ1n) is 6.17. The van der Waals surface area contributed by atoms with Gasteiger partial charge in [-0.05, 0) is 25.0 Å². The van der Waals surface area contributed by atoms with Gasteiger partial charge in [0.05, 0.1) is 11.3 Å². The third kappa shape index (κ3) is 2.55. The van der Waals surface area contributed by atoms with Crippen molar-refractivity contribution in [3.8, 4) is 0 Å². The molecule has 0 saturated carbocycles. The van der Waals surface area contributed by atoms with Gasteiger partial charge < -0.3 is 15.7 Å². The van der Waals surface area contributed by atoms with Crippen molar-refractivity contribution in [2.45, 2.75) is 25.7 Å². The number of nitrogens with zero attached hydrogens (tertiary/aromatic N) is 1. The molecule has 1 heterocycles. The van der Waals surface area contributed by atoms with Crippen LogP contribution in [-0.4, -0.2) is 24.2 Å². The topological polar surface area (TPSA) is 66.6 Å². The molecule has 3 N–H and O–H groups in total. The Morgan fingerprint density at radius 1 is 1.22 bits per heavy atom. The van der Waals surface area contributed by atoms with Gasteiger partial charge in [-0.15, -0.1) is 0 Å². The van der Waals surface area contributed by atoms with E-state index < -0.39 is 11.8 Å². The van der Waals surface area contributed by atoms with Crippen LogP contribution in [0.1, 0.15) is 36.0 Å². The van der Waals surface area contributed by atoms with Crippen molar-refractivity contribution in [3.05, 3.63) is 23.5 Å². The summed E-state index contributed by atoms with van der Waals surface area (Å²) in [6.07, 6.45) is 4.29.